The minimum Gasteiger partial charge on any atom is -0.357 e. The second-order valence-electron chi connectivity index (χ2n) is 5.98. The van der Waals surface area contributed by atoms with Crippen LogP contribution in [0.3, 0.4) is 0 Å². The molecule has 1 aliphatic rings. The minimum atomic E-state index is -0.0465. The van der Waals surface area contributed by atoms with E-state index < -0.39 is 0 Å². The molecule has 0 saturated carbocycles. The van der Waals surface area contributed by atoms with Gasteiger partial charge in [-0.25, -0.2) is 4.98 Å². The van der Waals surface area contributed by atoms with Gasteiger partial charge in [-0.3, -0.25) is 4.79 Å². The van der Waals surface area contributed by atoms with E-state index in [-0.39, 0.29) is 5.91 Å². The van der Waals surface area contributed by atoms with Gasteiger partial charge in [0.1, 0.15) is 5.82 Å². The highest BCUT2D eigenvalue weighted by Crippen LogP contribution is 2.22. The van der Waals surface area contributed by atoms with Crippen molar-refractivity contribution in [3.63, 3.8) is 0 Å². The Kier molecular flexibility index (Phi) is 5.33. The zero-order chi connectivity index (χ0) is 16.2. The number of pyridine rings is 1. The number of thiophene rings is 1. The Morgan fingerprint density at radius 2 is 2.13 bits per heavy atom. The predicted octanol–water partition coefficient (Wildman–Crippen LogP) is 4.07. The Hall–Kier alpha value is -1.40. The number of rotatable bonds is 4. The van der Waals surface area contributed by atoms with Crippen LogP contribution in [0.5, 0.6) is 0 Å². The lowest BCUT2D eigenvalue weighted by atomic mass is 9.99. The summed E-state index contributed by atoms with van der Waals surface area (Å²) in [6.07, 6.45) is 4.32. The number of nitrogens with zero attached hydrogens (tertiary/aromatic N) is 2. The standard InChI is InChI=1S/C17H20BrN3OS/c1-12-6-8-21(9-7-12)16-5-2-13(10-19-16)11-20-17(22)14-3-4-15(18)23-14/h2-5,10,12H,6-9,11H2,1H3,(H,20,22). The SMILES string of the molecule is CC1CCN(c2ccc(CNC(=O)c3ccc(Br)s3)cn2)CC1. The summed E-state index contributed by atoms with van der Waals surface area (Å²) in [6.45, 7) is 4.97. The molecule has 122 valence electrons. The van der Waals surface area contributed by atoms with Crippen molar-refractivity contribution in [2.24, 2.45) is 5.92 Å². The normalized spacial score (nSPS) is 15.7. The summed E-state index contributed by atoms with van der Waals surface area (Å²) in [5, 5.41) is 2.93. The first kappa shape index (κ1) is 16.5. The molecule has 4 nitrogen and oxygen atoms in total. The summed E-state index contributed by atoms with van der Waals surface area (Å²) in [6, 6.07) is 7.81. The van der Waals surface area contributed by atoms with Gasteiger partial charge in [0.05, 0.1) is 8.66 Å². The van der Waals surface area contributed by atoms with Gasteiger partial charge in [-0.05, 0) is 58.5 Å². The van der Waals surface area contributed by atoms with Gasteiger partial charge in [-0.2, -0.15) is 0 Å². The molecular formula is C17H20BrN3OS. The number of aromatic nitrogens is 1. The molecule has 1 N–H and O–H groups in total. The number of carbonyl (C=O) groups is 1. The maximum atomic E-state index is 12.0. The van der Waals surface area contributed by atoms with Crippen LogP contribution in [0.2, 0.25) is 0 Å². The lowest BCUT2D eigenvalue weighted by Gasteiger charge is -2.31. The van der Waals surface area contributed by atoms with E-state index in [1.165, 1.54) is 24.2 Å². The number of piperidine rings is 1. The van der Waals surface area contributed by atoms with Crippen molar-refractivity contribution in [2.75, 3.05) is 18.0 Å². The van der Waals surface area contributed by atoms with Gasteiger partial charge < -0.3 is 10.2 Å². The number of hydrogen-bond donors (Lipinski definition) is 1. The molecule has 0 spiro atoms. The summed E-state index contributed by atoms with van der Waals surface area (Å²) in [5.41, 5.74) is 1.02. The fourth-order valence-electron chi connectivity index (χ4n) is 2.65. The van der Waals surface area contributed by atoms with E-state index in [9.17, 15) is 4.79 Å². The summed E-state index contributed by atoms with van der Waals surface area (Å²) in [5.74, 6) is 1.81. The van der Waals surface area contributed by atoms with E-state index in [1.807, 2.05) is 24.4 Å². The Morgan fingerprint density at radius 3 is 2.74 bits per heavy atom. The maximum absolute atomic E-state index is 12.0. The van der Waals surface area contributed by atoms with Crippen molar-refractivity contribution in [1.82, 2.24) is 10.3 Å². The third-order valence-electron chi connectivity index (χ3n) is 4.17. The smallest absolute Gasteiger partial charge is 0.261 e. The zero-order valence-corrected chi connectivity index (χ0v) is 15.5. The second kappa shape index (κ2) is 7.45. The van der Waals surface area contributed by atoms with Crippen LogP contribution in [0.25, 0.3) is 0 Å². The molecule has 2 aromatic rings. The Labute approximate surface area is 149 Å². The largest absolute Gasteiger partial charge is 0.357 e. The van der Waals surface area contributed by atoms with Crippen molar-refractivity contribution < 1.29 is 4.79 Å². The number of halogens is 1. The van der Waals surface area contributed by atoms with Gasteiger partial charge in [0.2, 0.25) is 0 Å². The van der Waals surface area contributed by atoms with E-state index in [0.29, 0.717) is 11.4 Å². The molecule has 23 heavy (non-hydrogen) atoms. The van der Waals surface area contributed by atoms with Gasteiger partial charge in [0.25, 0.3) is 5.91 Å². The molecule has 0 unspecified atom stereocenters. The van der Waals surface area contributed by atoms with E-state index in [4.69, 9.17) is 0 Å². The Bertz CT molecular complexity index is 663. The highest BCUT2D eigenvalue weighted by molar-refractivity contribution is 9.11. The van der Waals surface area contributed by atoms with Crippen molar-refractivity contribution in [2.45, 2.75) is 26.3 Å². The van der Waals surface area contributed by atoms with Crippen LogP contribution in [0.15, 0.2) is 34.2 Å². The average Bonchev–Trinajstić information content (AvgIpc) is 3.00. The highest BCUT2D eigenvalue weighted by atomic mass is 79.9. The van der Waals surface area contributed by atoms with Gasteiger partial charge in [-0.15, -0.1) is 11.3 Å². The Morgan fingerprint density at radius 1 is 1.35 bits per heavy atom. The van der Waals surface area contributed by atoms with Crippen LogP contribution in [-0.2, 0) is 6.54 Å². The van der Waals surface area contributed by atoms with E-state index >= 15 is 0 Å². The summed E-state index contributed by atoms with van der Waals surface area (Å²) >= 11 is 4.80. The van der Waals surface area contributed by atoms with E-state index in [0.717, 1.165) is 34.2 Å². The third-order valence-corrected chi connectivity index (χ3v) is 5.79. The van der Waals surface area contributed by atoms with Crippen LogP contribution < -0.4 is 10.2 Å². The molecule has 1 amide bonds. The molecule has 1 saturated heterocycles. The molecule has 0 bridgehead atoms. The molecule has 6 heteroatoms. The minimum absolute atomic E-state index is 0.0465. The van der Waals surface area contributed by atoms with Gasteiger partial charge in [-0.1, -0.05) is 13.0 Å². The molecule has 0 atom stereocenters. The molecule has 0 aromatic carbocycles. The lowest BCUT2D eigenvalue weighted by Crippen LogP contribution is -2.33. The molecule has 1 fully saturated rings. The van der Waals surface area contributed by atoms with Gasteiger partial charge in [0, 0.05) is 25.8 Å². The summed E-state index contributed by atoms with van der Waals surface area (Å²) in [4.78, 5) is 19.6. The molecule has 3 rings (SSSR count). The fourth-order valence-corrected chi connectivity index (χ4v) is 3.95. The van der Waals surface area contributed by atoms with Crippen molar-refractivity contribution >= 4 is 39.0 Å². The van der Waals surface area contributed by atoms with Crippen molar-refractivity contribution in [3.8, 4) is 0 Å². The number of amides is 1. The van der Waals surface area contributed by atoms with Gasteiger partial charge in [0.15, 0.2) is 0 Å². The monoisotopic (exact) mass is 393 g/mol. The maximum Gasteiger partial charge on any atom is 0.261 e. The summed E-state index contributed by atoms with van der Waals surface area (Å²) < 4.78 is 0.963. The number of hydrogen-bond acceptors (Lipinski definition) is 4. The fraction of sp³-hybridized carbons (Fsp3) is 0.412. The first-order chi connectivity index (χ1) is 11.1. The van der Waals surface area contributed by atoms with E-state index in [1.54, 1.807) is 0 Å². The first-order valence-electron chi connectivity index (χ1n) is 7.85. The van der Waals surface area contributed by atoms with Gasteiger partial charge >= 0.3 is 0 Å². The first-order valence-corrected chi connectivity index (χ1v) is 9.46. The van der Waals surface area contributed by atoms with Crippen LogP contribution in [0.4, 0.5) is 5.82 Å². The summed E-state index contributed by atoms with van der Waals surface area (Å²) in [7, 11) is 0. The quantitative estimate of drug-likeness (QED) is 0.850. The van der Waals surface area contributed by atoms with Crippen LogP contribution in [0.1, 0.15) is 35.0 Å². The Balaban J connectivity index is 1.54. The zero-order valence-electron chi connectivity index (χ0n) is 13.1. The average molecular weight is 394 g/mol. The molecular weight excluding hydrogens is 374 g/mol. The van der Waals surface area contributed by atoms with Crippen molar-refractivity contribution in [1.29, 1.82) is 0 Å². The number of anilines is 1. The number of nitrogens with one attached hydrogen (secondary N) is 1. The molecule has 3 heterocycles. The van der Waals surface area contributed by atoms with Crippen LogP contribution >= 0.6 is 27.3 Å². The second-order valence-corrected chi connectivity index (χ2v) is 8.44. The van der Waals surface area contributed by atoms with Crippen LogP contribution in [-0.4, -0.2) is 24.0 Å². The predicted molar refractivity (Wildman–Crippen MR) is 98.0 cm³/mol. The van der Waals surface area contributed by atoms with Crippen molar-refractivity contribution in [3.05, 3.63) is 44.7 Å². The van der Waals surface area contributed by atoms with Crippen LogP contribution in [0, 0.1) is 5.92 Å². The molecule has 2 aromatic heterocycles. The third kappa shape index (κ3) is 4.32. The number of carbonyl (C=O) groups excluding carboxylic acids is 1. The van der Waals surface area contributed by atoms with E-state index in [2.05, 4.69) is 44.1 Å². The highest BCUT2D eigenvalue weighted by Gasteiger charge is 2.16. The topological polar surface area (TPSA) is 45.2 Å². The molecule has 1 aliphatic heterocycles. The molecule has 0 aliphatic carbocycles. The molecule has 0 radical (unpaired) electrons. The lowest BCUT2D eigenvalue weighted by molar-refractivity contribution is 0.0955.